The van der Waals surface area contributed by atoms with E-state index >= 15 is 0 Å². The van der Waals surface area contributed by atoms with Crippen molar-refractivity contribution in [2.75, 3.05) is 6.54 Å². The number of phenols is 1. The summed E-state index contributed by atoms with van der Waals surface area (Å²) in [6, 6.07) is 15.5. The highest BCUT2D eigenvalue weighted by molar-refractivity contribution is 6.30. The largest absolute Gasteiger partial charge is 0.508 e. The molecule has 0 aliphatic heterocycles. The topological polar surface area (TPSA) is 23.5 Å². The van der Waals surface area contributed by atoms with Crippen molar-refractivity contribution in [3.63, 3.8) is 0 Å². The average Bonchev–Trinajstić information content (AvgIpc) is 2.43. The molecule has 0 amide bonds. The van der Waals surface area contributed by atoms with Crippen LogP contribution in [0.1, 0.15) is 18.1 Å². The molecule has 0 saturated heterocycles. The van der Waals surface area contributed by atoms with Crippen molar-refractivity contribution in [1.29, 1.82) is 0 Å². The number of nitrogens with zero attached hydrogens (tertiary/aromatic N) is 1. The molecule has 0 heterocycles. The third-order valence-electron chi connectivity index (χ3n) is 3.13. The minimum atomic E-state index is 0.302. The molecule has 2 aromatic carbocycles. The minimum Gasteiger partial charge on any atom is -0.508 e. The monoisotopic (exact) mass is 275 g/mol. The molecule has 0 aromatic heterocycles. The van der Waals surface area contributed by atoms with E-state index in [1.165, 1.54) is 5.56 Å². The highest BCUT2D eigenvalue weighted by atomic mass is 35.5. The van der Waals surface area contributed by atoms with Crippen molar-refractivity contribution in [2.24, 2.45) is 0 Å². The third kappa shape index (κ3) is 3.98. The lowest BCUT2D eigenvalue weighted by Crippen LogP contribution is -2.22. The van der Waals surface area contributed by atoms with Crippen molar-refractivity contribution in [1.82, 2.24) is 4.90 Å². The second-order valence-corrected chi connectivity index (χ2v) is 5.00. The average molecular weight is 276 g/mol. The number of hydrogen-bond donors (Lipinski definition) is 1. The van der Waals surface area contributed by atoms with E-state index in [-0.39, 0.29) is 0 Å². The zero-order chi connectivity index (χ0) is 13.7. The van der Waals surface area contributed by atoms with E-state index in [9.17, 15) is 5.11 Å². The summed E-state index contributed by atoms with van der Waals surface area (Å²) < 4.78 is 0. The molecule has 100 valence electrons. The number of halogens is 1. The van der Waals surface area contributed by atoms with E-state index in [2.05, 4.69) is 24.0 Å². The second-order valence-electron chi connectivity index (χ2n) is 4.56. The SMILES string of the molecule is CCN(Cc1ccccc1)Cc1cc(Cl)ccc1O. The summed E-state index contributed by atoms with van der Waals surface area (Å²) >= 11 is 5.97. The van der Waals surface area contributed by atoms with Gasteiger partial charge in [0.05, 0.1) is 0 Å². The van der Waals surface area contributed by atoms with Crippen LogP contribution in [-0.4, -0.2) is 16.6 Å². The van der Waals surface area contributed by atoms with Gasteiger partial charge in [0.1, 0.15) is 5.75 Å². The Morgan fingerprint density at radius 3 is 2.47 bits per heavy atom. The Kier molecular flexibility index (Phi) is 4.83. The molecule has 19 heavy (non-hydrogen) atoms. The molecule has 0 bridgehead atoms. The van der Waals surface area contributed by atoms with Crippen LogP contribution in [0, 0.1) is 0 Å². The smallest absolute Gasteiger partial charge is 0.120 e. The van der Waals surface area contributed by atoms with Crippen LogP contribution in [-0.2, 0) is 13.1 Å². The first kappa shape index (κ1) is 13.9. The van der Waals surface area contributed by atoms with Gasteiger partial charge in [-0.25, -0.2) is 0 Å². The molecule has 0 atom stereocenters. The normalized spacial score (nSPS) is 10.9. The van der Waals surface area contributed by atoms with Gasteiger partial charge in [0.2, 0.25) is 0 Å². The molecule has 0 fully saturated rings. The molecule has 0 aliphatic rings. The number of rotatable bonds is 5. The number of benzene rings is 2. The molecule has 2 rings (SSSR count). The summed E-state index contributed by atoms with van der Waals surface area (Å²) in [6.07, 6.45) is 0. The first-order valence-electron chi connectivity index (χ1n) is 6.42. The van der Waals surface area contributed by atoms with Gasteiger partial charge in [-0.05, 0) is 30.3 Å². The molecule has 0 aliphatic carbocycles. The molecular weight excluding hydrogens is 258 g/mol. The molecule has 2 aromatic rings. The van der Waals surface area contributed by atoms with Crippen LogP contribution < -0.4 is 0 Å². The summed E-state index contributed by atoms with van der Waals surface area (Å²) in [7, 11) is 0. The molecule has 0 spiro atoms. The van der Waals surface area contributed by atoms with Crippen LogP contribution in [0.15, 0.2) is 48.5 Å². The standard InChI is InChI=1S/C16H18ClNO/c1-2-18(11-13-6-4-3-5-7-13)12-14-10-15(17)8-9-16(14)19/h3-10,19H,2,11-12H2,1H3. The summed E-state index contributed by atoms with van der Waals surface area (Å²) in [4.78, 5) is 2.26. The van der Waals surface area contributed by atoms with Crippen LogP contribution in [0.4, 0.5) is 0 Å². The Morgan fingerprint density at radius 2 is 1.79 bits per heavy atom. The first-order chi connectivity index (χ1) is 9.19. The van der Waals surface area contributed by atoms with Gasteiger partial charge in [0.25, 0.3) is 0 Å². The van der Waals surface area contributed by atoms with Gasteiger partial charge in [0.15, 0.2) is 0 Å². The van der Waals surface area contributed by atoms with Crippen molar-refractivity contribution in [3.8, 4) is 5.75 Å². The maximum absolute atomic E-state index is 9.86. The fraction of sp³-hybridized carbons (Fsp3) is 0.250. The highest BCUT2D eigenvalue weighted by Crippen LogP contribution is 2.23. The molecule has 2 nitrogen and oxygen atoms in total. The molecular formula is C16H18ClNO. The van der Waals surface area contributed by atoms with Gasteiger partial charge in [0, 0.05) is 23.7 Å². The van der Waals surface area contributed by atoms with Crippen LogP contribution in [0.2, 0.25) is 5.02 Å². The van der Waals surface area contributed by atoms with Crippen molar-refractivity contribution < 1.29 is 5.11 Å². The molecule has 1 N–H and O–H groups in total. The van der Waals surface area contributed by atoms with E-state index in [1.54, 1.807) is 12.1 Å². The Labute approximate surface area is 119 Å². The summed E-state index contributed by atoms with van der Waals surface area (Å²) in [5, 5.41) is 10.5. The predicted molar refractivity (Wildman–Crippen MR) is 79.3 cm³/mol. The van der Waals surface area contributed by atoms with Gasteiger partial charge in [-0.15, -0.1) is 0 Å². The fourth-order valence-electron chi connectivity index (χ4n) is 2.04. The van der Waals surface area contributed by atoms with Crippen molar-refractivity contribution in [2.45, 2.75) is 20.0 Å². The van der Waals surface area contributed by atoms with Gasteiger partial charge < -0.3 is 5.11 Å². The van der Waals surface area contributed by atoms with Crippen LogP contribution in [0.25, 0.3) is 0 Å². The van der Waals surface area contributed by atoms with Gasteiger partial charge in [-0.3, -0.25) is 4.90 Å². The third-order valence-corrected chi connectivity index (χ3v) is 3.37. The maximum atomic E-state index is 9.86. The van der Waals surface area contributed by atoms with Gasteiger partial charge in [-0.2, -0.15) is 0 Å². The molecule has 0 unspecified atom stereocenters. The first-order valence-corrected chi connectivity index (χ1v) is 6.80. The highest BCUT2D eigenvalue weighted by Gasteiger charge is 2.08. The van der Waals surface area contributed by atoms with Crippen LogP contribution in [0.5, 0.6) is 5.75 Å². The fourth-order valence-corrected chi connectivity index (χ4v) is 2.24. The van der Waals surface area contributed by atoms with E-state index in [1.807, 2.05) is 24.3 Å². The predicted octanol–water partition coefficient (Wildman–Crippen LogP) is 4.07. The van der Waals surface area contributed by atoms with Gasteiger partial charge >= 0.3 is 0 Å². The zero-order valence-electron chi connectivity index (χ0n) is 11.0. The lowest BCUT2D eigenvalue weighted by atomic mass is 10.1. The van der Waals surface area contributed by atoms with E-state index < -0.39 is 0 Å². The van der Waals surface area contributed by atoms with E-state index in [0.717, 1.165) is 18.7 Å². The lowest BCUT2D eigenvalue weighted by molar-refractivity contribution is 0.267. The molecule has 0 saturated carbocycles. The van der Waals surface area contributed by atoms with Crippen molar-refractivity contribution >= 4 is 11.6 Å². The van der Waals surface area contributed by atoms with Gasteiger partial charge in [-0.1, -0.05) is 48.9 Å². The Bertz CT molecular complexity index is 528. The summed E-state index contributed by atoms with van der Waals surface area (Å²) in [6.45, 7) is 4.59. The number of hydrogen-bond acceptors (Lipinski definition) is 2. The summed E-state index contributed by atoms with van der Waals surface area (Å²) in [5.74, 6) is 0.302. The molecule has 0 radical (unpaired) electrons. The van der Waals surface area contributed by atoms with Crippen LogP contribution in [0.3, 0.4) is 0 Å². The Balaban J connectivity index is 2.09. The van der Waals surface area contributed by atoms with E-state index in [0.29, 0.717) is 17.3 Å². The number of aromatic hydroxyl groups is 1. The number of phenolic OH excluding ortho intramolecular Hbond substituents is 1. The van der Waals surface area contributed by atoms with Crippen molar-refractivity contribution in [3.05, 3.63) is 64.7 Å². The zero-order valence-corrected chi connectivity index (χ0v) is 11.8. The Hall–Kier alpha value is -1.51. The maximum Gasteiger partial charge on any atom is 0.120 e. The Morgan fingerprint density at radius 1 is 1.05 bits per heavy atom. The quantitative estimate of drug-likeness (QED) is 0.889. The van der Waals surface area contributed by atoms with E-state index in [4.69, 9.17) is 11.6 Å². The summed E-state index contributed by atoms with van der Waals surface area (Å²) in [5.41, 5.74) is 2.14. The molecule has 3 heteroatoms. The van der Waals surface area contributed by atoms with Crippen LogP contribution >= 0.6 is 11.6 Å². The second kappa shape index (κ2) is 6.60. The lowest BCUT2D eigenvalue weighted by Gasteiger charge is -2.21. The minimum absolute atomic E-state index is 0.302.